The molecule has 0 saturated heterocycles. The topological polar surface area (TPSA) is 90.9 Å². The molecule has 0 fully saturated rings. The number of carbonyl (C=O) groups is 2. The standard InChI is InChI=1S/C16H15N2O5/c1-11(19)22-15-7-3-5-13(9-15)17-18(21)14-6-4-8-16(10-14)23-12(2)20/h3-10,17H,1-2H3/q-1. The number of carbonyl (C=O) groups excluding carboxylic acids is 2. The molecule has 0 spiro atoms. The second-order valence-electron chi connectivity index (χ2n) is 4.62. The van der Waals surface area contributed by atoms with Crippen LogP contribution in [-0.2, 0) is 9.59 Å². The average Bonchev–Trinajstić information content (AvgIpc) is 2.46. The third kappa shape index (κ3) is 5.01. The van der Waals surface area contributed by atoms with Crippen LogP contribution in [0.25, 0.3) is 0 Å². The highest BCUT2D eigenvalue weighted by Crippen LogP contribution is 2.23. The Morgan fingerprint density at radius 3 is 2.13 bits per heavy atom. The van der Waals surface area contributed by atoms with E-state index < -0.39 is 11.9 Å². The van der Waals surface area contributed by atoms with E-state index in [0.29, 0.717) is 16.6 Å². The maximum absolute atomic E-state index is 12.1. The van der Waals surface area contributed by atoms with Gasteiger partial charge in [0.05, 0.1) is 5.69 Å². The van der Waals surface area contributed by atoms with Gasteiger partial charge in [-0.3, -0.25) is 9.59 Å². The van der Waals surface area contributed by atoms with E-state index in [1.54, 1.807) is 36.4 Å². The lowest BCUT2D eigenvalue weighted by atomic mass is 10.3. The van der Waals surface area contributed by atoms with Crippen LogP contribution in [0.5, 0.6) is 11.5 Å². The van der Waals surface area contributed by atoms with E-state index in [1.807, 2.05) is 0 Å². The lowest BCUT2D eigenvalue weighted by Gasteiger charge is -2.32. The van der Waals surface area contributed by atoms with Gasteiger partial charge in [-0.2, -0.15) is 0 Å². The van der Waals surface area contributed by atoms with Gasteiger partial charge >= 0.3 is 11.9 Å². The molecular weight excluding hydrogens is 300 g/mol. The first-order chi connectivity index (χ1) is 10.9. The Balaban J connectivity index is 2.11. The van der Waals surface area contributed by atoms with Crippen molar-refractivity contribution < 1.29 is 19.1 Å². The molecule has 0 bridgehead atoms. The Labute approximate surface area is 133 Å². The largest absolute Gasteiger partial charge is 0.739 e. The second kappa shape index (κ2) is 7.28. The number of nitrogens with one attached hydrogen (secondary N) is 1. The van der Waals surface area contributed by atoms with E-state index in [4.69, 9.17) is 9.47 Å². The number of nitrogens with zero attached hydrogens (tertiary/aromatic N) is 1. The molecule has 1 N–H and O–H groups in total. The fourth-order valence-electron chi connectivity index (χ4n) is 1.82. The van der Waals surface area contributed by atoms with Crippen molar-refractivity contribution in [3.63, 3.8) is 0 Å². The summed E-state index contributed by atoms with van der Waals surface area (Å²) in [5, 5.41) is 12.7. The van der Waals surface area contributed by atoms with Crippen molar-refractivity contribution in [3.05, 3.63) is 53.7 Å². The zero-order valence-corrected chi connectivity index (χ0v) is 12.6. The first kappa shape index (κ1) is 16.3. The molecule has 0 unspecified atom stereocenters. The normalized spacial score (nSPS) is 9.87. The van der Waals surface area contributed by atoms with E-state index in [0.717, 1.165) is 0 Å². The number of rotatable bonds is 5. The smallest absolute Gasteiger partial charge is 0.308 e. The highest BCUT2D eigenvalue weighted by Gasteiger charge is 2.03. The highest BCUT2D eigenvalue weighted by atomic mass is 16.5. The number of hydrogen-bond acceptors (Lipinski definition) is 7. The summed E-state index contributed by atoms with van der Waals surface area (Å²) in [7, 11) is 0. The van der Waals surface area contributed by atoms with E-state index in [-0.39, 0.29) is 11.4 Å². The number of ether oxygens (including phenoxy) is 2. The van der Waals surface area contributed by atoms with Crippen molar-refractivity contribution in [1.82, 2.24) is 0 Å². The summed E-state index contributed by atoms with van der Waals surface area (Å²) in [5.74, 6) is -0.326. The van der Waals surface area contributed by atoms with Crippen molar-refractivity contribution in [2.75, 3.05) is 10.6 Å². The maximum Gasteiger partial charge on any atom is 0.308 e. The van der Waals surface area contributed by atoms with Crippen molar-refractivity contribution >= 4 is 23.3 Å². The summed E-state index contributed by atoms with van der Waals surface area (Å²) >= 11 is 0. The number of anilines is 2. The first-order valence-electron chi connectivity index (χ1n) is 6.75. The van der Waals surface area contributed by atoms with E-state index in [1.165, 1.54) is 26.0 Å². The Bertz CT molecular complexity index is 717. The molecule has 0 amide bonds. The second-order valence-corrected chi connectivity index (χ2v) is 4.62. The van der Waals surface area contributed by atoms with Crippen LogP contribution in [0.3, 0.4) is 0 Å². The fraction of sp³-hybridized carbons (Fsp3) is 0.125. The van der Waals surface area contributed by atoms with Gasteiger partial charge in [0.1, 0.15) is 11.5 Å². The van der Waals surface area contributed by atoms with Crippen molar-refractivity contribution in [2.45, 2.75) is 13.8 Å². The van der Waals surface area contributed by atoms with Gasteiger partial charge in [0.2, 0.25) is 0 Å². The SMILES string of the molecule is CC(=O)Oc1cccc(NN([O-])c2cccc(OC(C)=O)c2)c1. The van der Waals surface area contributed by atoms with E-state index in [2.05, 4.69) is 5.43 Å². The fourth-order valence-corrected chi connectivity index (χ4v) is 1.82. The quantitative estimate of drug-likeness (QED) is 0.515. The summed E-state index contributed by atoms with van der Waals surface area (Å²) in [6.07, 6.45) is 0. The molecule has 7 heteroatoms. The number of benzene rings is 2. The highest BCUT2D eigenvalue weighted by molar-refractivity contribution is 5.71. The van der Waals surface area contributed by atoms with Crippen LogP contribution in [0.4, 0.5) is 11.4 Å². The van der Waals surface area contributed by atoms with Crippen LogP contribution in [0.2, 0.25) is 0 Å². The molecule has 0 aliphatic rings. The summed E-state index contributed by atoms with van der Waals surface area (Å²) in [5.41, 5.74) is 3.29. The van der Waals surface area contributed by atoms with Crippen LogP contribution in [0, 0.1) is 5.21 Å². The van der Waals surface area contributed by atoms with Crippen LogP contribution >= 0.6 is 0 Å². The molecule has 23 heavy (non-hydrogen) atoms. The maximum atomic E-state index is 12.1. The molecule has 0 radical (unpaired) electrons. The zero-order valence-electron chi connectivity index (χ0n) is 12.6. The Morgan fingerprint density at radius 2 is 1.52 bits per heavy atom. The minimum atomic E-state index is -0.471. The number of esters is 2. The zero-order chi connectivity index (χ0) is 16.8. The lowest BCUT2D eigenvalue weighted by molar-refractivity contribution is -0.132. The van der Waals surface area contributed by atoms with Gasteiger partial charge in [0.25, 0.3) is 0 Å². The molecule has 0 saturated carbocycles. The molecule has 0 aliphatic heterocycles. The number of hydrogen-bond donors (Lipinski definition) is 1. The molecular formula is C16H15N2O5-. The molecule has 2 aromatic rings. The molecule has 2 aromatic carbocycles. The summed E-state index contributed by atoms with van der Waals surface area (Å²) in [4.78, 5) is 21.9. The molecule has 0 aromatic heterocycles. The van der Waals surface area contributed by atoms with Gasteiger partial charge < -0.3 is 25.3 Å². The van der Waals surface area contributed by atoms with Crippen molar-refractivity contribution in [3.8, 4) is 11.5 Å². The van der Waals surface area contributed by atoms with E-state index >= 15 is 0 Å². The van der Waals surface area contributed by atoms with Gasteiger partial charge in [0, 0.05) is 31.7 Å². The minimum Gasteiger partial charge on any atom is -0.739 e. The Hall–Kier alpha value is -3.06. The van der Waals surface area contributed by atoms with E-state index in [9.17, 15) is 14.8 Å². The predicted molar refractivity (Wildman–Crippen MR) is 85.0 cm³/mol. The third-order valence-electron chi connectivity index (χ3n) is 2.64. The van der Waals surface area contributed by atoms with Gasteiger partial charge in [0.15, 0.2) is 0 Å². The Morgan fingerprint density at radius 1 is 0.957 bits per heavy atom. The predicted octanol–water partition coefficient (Wildman–Crippen LogP) is 2.87. The van der Waals surface area contributed by atoms with Crippen LogP contribution in [0.15, 0.2) is 48.5 Å². The molecule has 0 atom stereocenters. The lowest BCUT2D eigenvalue weighted by Crippen LogP contribution is -2.22. The molecule has 0 heterocycles. The summed E-state index contributed by atoms with van der Waals surface area (Å²) in [6.45, 7) is 2.57. The summed E-state index contributed by atoms with van der Waals surface area (Å²) < 4.78 is 9.88. The van der Waals surface area contributed by atoms with Gasteiger partial charge in [-0.15, -0.1) is 0 Å². The molecule has 120 valence electrons. The van der Waals surface area contributed by atoms with Crippen LogP contribution in [0.1, 0.15) is 13.8 Å². The minimum absolute atomic E-state index is 0.252. The van der Waals surface area contributed by atoms with Gasteiger partial charge in [-0.25, -0.2) is 0 Å². The first-order valence-corrected chi connectivity index (χ1v) is 6.75. The van der Waals surface area contributed by atoms with Crippen LogP contribution in [-0.4, -0.2) is 11.9 Å². The number of hydrazine groups is 1. The third-order valence-corrected chi connectivity index (χ3v) is 2.64. The molecule has 2 rings (SSSR count). The molecule has 0 aliphatic carbocycles. The monoisotopic (exact) mass is 315 g/mol. The molecule has 7 nitrogen and oxygen atoms in total. The average molecular weight is 315 g/mol. The van der Waals surface area contributed by atoms with Gasteiger partial charge in [-0.1, -0.05) is 12.1 Å². The van der Waals surface area contributed by atoms with Crippen molar-refractivity contribution in [2.24, 2.45) is 0 Å². The van der Waals surface area contributed by atoms with Gasteiger partial charge in [-0.05, 0) is 24.3 Å². The Kier molecular flexibility index (Phi) is 5.16. The van der Waals surface area contributed by atoms with Crippen LogP contribution < -0.4 is 20.1 Å². The van der Waals surface area contributed by atoms with Crippen molar-refractivity contribution in [1.29, 1.82) is 0 Å². The summed E-state index contributed by atoms with van der Waals surface area (Å²) in [6, 6.07) is 12.6.